The van der Waals surface area contributed by atoms with E-state index in [1.54, 1.807) is 39.0 Å². The number of anilines is 2. The molecule has 1 aromatic heterocycles. The van der Waals surface area contributed by atoms with Crippen molar-refractivity contribution >= 4 is 39.1 Å². The maximum absolute atomic E-state index is 13.0. The van der Waals surface area contributed by atoms with Crippen LogP contribution < -0.4 is 10.2 Å². The zero-order valence-corrected chi connectivity index (χ0v) is 20.3. The Bertz CT molecular complexity index is 970. The highest BCUT2D eigenvalue weighted by Crippen LogP contribution is 2.30. The second-order valence-corrected chi connectivity index (χ2v) is 9.63. The number of aryl methyl sites for hydroxylation is 1. The zero-order valence-electron chi connectivity index (χ0n) is 18.7. The number of carbonyl (C=O) groups is 1. The van der Waals surface area contributed by atoms with Crippen LogP contribution in [0, 0.1) is 6.92 Å². The van der Waals surface area contributed by atoms with E-state index >= 15 is 0 Å². The van der Waals surface area contributed by atoms with Gasteiger partial charge in [-0.25, -0.2) is 8.42 Å². The van der Waals surface area contributed by atoms with Crippen LogP contribution in [0.3, 0.4) is 0 Å². The zero-order chi connectivity index (χ0) is 23.0. The fourth-order valence-electron chi connectivity index (χ4n) is 3.15. The summed E-state index contributed by atoms with van der Waals surface area (Å²) in [6.45, 7) is 11.6. The van der Waals surface area contributed by atoms with Crippen molar-refractivity contribution in [3.63, 3.8) is 0 Å². The maximum Gasteiger partial charge on any atom is 0.243 e. The summed E-state index contributed by atoms with van der Waals surface area (Å²) in [6.07, 6.45) is 0. The standard InChI is InChI=1S/C20H31N5O4S2/c1-6-24(7-2)18-11-10-16(31(27,28)25(8-3)9-4)12-17(18)22-20(26)14-30-13-19-21-15(5)29-23-19/h10-12H,6-9,13-14H2,1-5H3,(H,22,26). The highest BCUT2D eigenvalue weighted by molar-refractivity contribution is 7.99. The maximum atomic E-state index is 13.0. The Morgan fingerprint density at radius 3 is 2.35 bits per heavy atom. The van der Waals surface area contributed by atoms with E-state index in [2.05, 4.69) is 20.4 Å². The number of aromatic nitrogens is 2. The van der Waals surface area contributed by atoms with Gasteiger partial charge >= 0.3 is 0 Å². The first kappa shape index (κ1) is 25.2. The number of sulfonamides is 1. The summed E-state index contributed by atoms with van der Waals surface area (Å²) in [4.78, 5) is 18.9. The second-order valence-electron chi connectivity index (χ2n) is 6.71. The minimum atomic E-state index is -3.63. The highest BCUT2D eigenvalue weighted by atomic mass is 32.2. The van der Waals surface area contributed by atoms with E-state index in [0.717, 1.165) is 18.8 Å². The van der Waals surface area contributed by atoms with Gasteiger partial charge in [-0.15, -0.1) is 11.8 Å². The van der Waals surface area contributed by atoms with Crippen molar-refractivity contribution in [2.24, 2.45) is 0 Å². The molecule has 0 radical (unpaired) electrons. The van der Waals surface area contributed by atoms with Gasteiger partial charge < -0.3 is 14.7 Å². The molecule has 9 nitrogen and oxygen atoms in total. The topological polar surface area (TPSA) is 109 Å². The lowest BCUT2D eigenvalue weighted by atomic mass is 10.2. The Labute approximate surface area is 188 Å². The molecule has 0 unspecified atom stereocenters. The molecule has 2 rings (SSSR count). The minimum Gasteiger partial charge on any atom is -0.370 e. The first-order chi connectivity index (χ1) is 14.8. The molecule has 0 saturated carbocycles. The van der Waals surface area contributed by atoms with E-state index in [-0.39, 0.29) is 16.6 Å². The first-order valence-electron chi connectivity index (χ1n) is 10.3. The van der Waals surface area contributed by atoms with Crippen molar-refractivity contribution in [3.8, 4) is 0 Å². The van der Waals surface area contributed by atoms with Crippen molar-refractivity contribution in [1.29, 1.82) is 0 Å². The van der Waals surface area contributed by atoms with Crippen molar-refractivity contribution in [2.45, 2.75) is 45.3 Å². The van der Waals surface area contributed by atoms with Gasteiger partial charge in [0.2, 0.25) is 21.8 Å². The molecule has 172 valence electrons. The fourth-order valence-corrected chi connectivity index (χ4v) is 5.29. The molecule has 1 heterocycles. The number of thioether (sulfide) groups is 1. The molecule has 0 aliphatic heterocycles. The number of benzene rings is 1. The molecule has 0 bridgehead atoms. The molecular weight excluding hydrogens is 438 g/mol. The van der Waals surface area contributed by atoms with Crippen LogP contribution in [0.15, 0.2) is 27.6 Å². The number of rotatable bonds is 12. The number of nitrogens with one attached hydrogen (secondary N) is 1. The van der Waals surface area contributed by atoms with Gasteiger partial charge in [-0.05, 0) is 32.0 Å². The predicted molar refractivity (Wildman–Crippen MR) is 124 cm³/mol. The molecule has 0 aliphatic rings. The summed E-state index contributed by atoms with van der Waals surface area (Å²) in [6, 6.07) is 4.91. The monoisotopic (exact) mass is 469 g/mol. The molecule has 0 atom stereocenters. The molecule has 2 aromatic rings. The molecule has 11 heteroatoms. The van der Waals surface area contributed by atoms with Gasteiger partial charge in [-0.3, -0.25) is 4.79 Å². The Morgan fingerprint density at radius 2 is 1.81 bits per heavy atom. The second kappa shape index (κ2) is 11.5. The lowest BCUT2D eigenvalue weighted by Gasteiger charge is -2.26. The van der Waals surface area contributed by atoms with Gasteiger partial charge in [0.05, 0.1) is 27.8 Å². The summed E-state index contributed by atoms with van der Waals surface area (Å²) in [7, 11) is -3.63. The van der Waals surface area contributed by atoms with Crippen LogP contribution in [-0.4, -0.2) is 60.7 Å². The molecule has 0 saturated heterocycles. The average molecular weight is 470 g/mol. The molecule has 0 fully saturated rings. The number of carbonyl (C=O) groups excluding carboxylic acids is 1. The molecule has 0 aliphatic carbocycles. The number of hydrogen-bond donors (Lipinski definition) is 1. The van der Waals surface area contributed by atoms with E-state index in [1.165, 1.54) is 16.1 Å². The Kier molecular flexibility index (Phi) is 9.32. The molecule has 1 aromatic carbocycles. The van der Waals surface area contributed by atoms with Crippen LogP contribution in [0.1, 0.15) is 39.4 Å². The van der Waals surface area contributed by atoms with E-state index in [0.29, 0.717) is 36.2 Å². The molecule has 0 spiro atoms. The van der Waals surface area contributed by atoms with Gasteiger partial charge in [0.1, 0.15) is 0 Å². The van der Waals surface area contributed by atoms with Crippen LogP contribution in [0.5, 0.6) is 0 Å². The van der Waals surface area contributed by atoms with Crippen LogP contribution in [0.2, 0.25) is 0 Å². The Morgan fingerprint density at radius 1 is 1.13 bits per heavy atom. The Balaban J connectivity index is 2.23. The average Bonchev–Trinajstić information content (AvgIpc) is 3.15. The summed E-state index contributed by atoms with van der Waals surface area (Å²) >= 11 is 1.36. The summed E-state index contributed by atoms with van der Waals surface area (Å²) < 4.78 is 32.2. The minimum absolute atomic E-state index is 0.164. The van der Waals surface area contributed by atoms with E-state index in [1.807, 2.05) is 13.8 Å². The molecule has 1 N–H and O–H groups in total. The van der Waals surface area contributed by atoms with Gasteiger partial charge in [-0.2, -0.15) is 9.29 Å². The number of amides is 1. The van der Waals surface area contributed by atoms with Gasteiger partial charge in [-0.1, -0.05) is 19.0 Å². The van der Waals surface area contributed by atoms with Crippen molar-refractivity contribution < 1.29 is 17.7 Å². The van der Waals surface area contributed by atoms with Crippen LogP contribution in [0.25, 0.3) is 0 Å². The van der Waals surface area contributed by atoms with Gasteiger partial charge in [0, 0.05) is 33.1 Å². The van der Waals surface area contributed by atoms with Gasteiger partial charge in [0.25, 0.3) is 0 Å². The third kappa shape index (κ3) is 6.44. The molecule has 1 amide bonds. The smallest absolute Gasteiger partial charge is 0.243 e. The number of hydrogen-bond acceptors (Lipinski definition) is 8. The third-order valence-electron chi connectivity index (χ3n) is 4.72. The largest absolute Gasteiger partial charge is 0.370 e. The van der Waals surface area contributed by atoms with E-state index in [9.17, 15) is 13.2 Å². The van der Waals surface area contributed by atoms with Crippen LogP contribution in [-0.2, 0) is 20.6 Å². The number of nitrogens with zero attached hydrogens (tertiary/aromatic N) is 4. The van der Waals surface area contributed by atoms with Crippen molar-refractivity contribution in [2.75, 3.05) is 42.1 Å². The molecular formula is C20H31N5O4S2. The normalized spacial score (nSPS) is 11.7. The van der Waals surface area contributed by atoms with E-state index < -0.39 is 10.0 Å². The molecule has 31 heavy (non-hydrogen) atoms. The summed E-state index contributed by atoms with van der Waals surface area (Å²) in [5, 5.41) is 6.70. The van der Waals surface area contributed by atoms with Crippen molar-refractivity contribution in [3.05, 3.63) is 29.9 Å². The van der Waals surface area contributed by atoms with E-state index in [4.69, 9.17) is 4.52 Å². The Hall–Kier alpha value is -2.11. The summed E-state index contributed by atoms with van der Waals surface area (Å²) in [5.74, 6) is 1.42. The third-order valence-corrected chi connectivity index (χ3v) is 7.70. The van der Waals surface area contributed by atoms with Crippen molar-refractivity contribution in [1.82, 2.24) is 14.4 Å². The summed E-state index contributed by atoms with van der Waals surface area (Å²) in [5.41, 5.74) is 1.27. The van der Waals surface area contributed by atoms with Gasteiger partial charge in [0.15, 0.2) is 5.82 Å². The highest BCUT2D eigenvalue weighted by Gasteiger charge is 2.24. The van der Waals surface area contributed by atoms with Crippen LogP contribution in [0.4, 0.5) is 11.4 Å². The lowest BCUT2D eigenvalue weighted by molar-refractivity contribution is -0.113. The quantitative estimate of drug-likeness (QED) is 0.505. The first-order valence-corrected chi connectivity index (χ1v) is 12.9. The lowest BCUT2D eigenvalue weighted by Crippen LogP contribution is -2.31. The van der Waals surface area contributed by atoms with Crippen LogP contribution >= 0.6 is 11.8 Å². The SMILES string of the molecule is CCN(CC)c1ccc(S(=O)(=O)N(CC)CC)cc1NC(=O)CSCc1noc(C)n1. The fraction of sp³-hybridized carbons (Fsp3) is 0.550. The predicted octanol–water partition coefficient (Wildman–Crippen LogP) is 3.13.